The molecular formula is C16H23BrN2O2. The summed E-state index contributed by atoms with van der Waals surface area (Å²) < 4.78 is 6.96. The second-order valence-corrected chi connectivity index (χ2v) is 7.61. The third kappa shape index (κ3) is 3.90. The highest BCUT2D eigenvalue weighted by Gasteiger charge is 2.33. The van der Waals surface area contributed by atoms with Gasteiger partial charge in [-0.25, -0.2) is 0 Å². The van der Waals surface area contributed by atoms with E-state index in [0.29, 0.717) is 17.2 Å². The Morgan fingerprint density at radius 2 is 2.14 bits per heavy atom. The number of hydrogen-bond acceptors (Lipinski definition) is 3. The number of rotatable bonds is 3. The van der Waals surface area contributed by atoms with Gasteiger partial charge in [0.25, 0.3) is 0 Å². The maximum absolute atomic E-state index is 8.95. The highest BCUT2D eigenvalue weighted by atomic mass is 79.9. The Morgan fingerprint density at radius 1 is 1.43 bits per heavy atom. The van der Waals surface area contributed by atoms with E-state index < -0.39 is 0 Å². The van der Waals surface area contributed by atoms with E-state index in [0.717, 1.165) is 17.3 Å². The van der Waals surface area contributed by atoms with E-state index in [1.807, 2.05) is 18.2 Å². The Hall–Kier alpha value is -1.23. The molecule has 21 heavy (non-hydrogen) atoms. The van der Waals surface area contributed by atoms with Gasteiger partial charge in [-0.05, 0) is 58.7 Å². The van der Waals surface area contributed by atoms with Crippen LogP contribution in [0.2, 0.25) is 0 Å². The van der Waals surface area contributed by atoms with Crippen LogP contribution in [-0.2, 0) is 0 Å². The molecule has 2 atom stereocenters. The molecule has 1 aromatic carbocycles. The number of halogens is 1. The average molecular weight is 355 g/mol. The molecule has 0 saturated heterocycles. The molecule has 3 N–H and O–H groups in total. The summed E-state index contributed by atoms with van der Waals surface area (Å²) in [7, 11) is 0. The zero-order valence-corrected chi connectivity index (χ0v) is 14.4. The lowest BCUT2D eigenvalue weighted by Crippen LogP contribution is -2.34. The van der Waals surface area contributed by atoms with Gasteiger partial charge in [-0.1, -0.05) is 32.0 Å². The summed E-state index contributed by atoms with van der Waals surface area (Å²) in [4.78, 5) is 0. The summed E-state index contributed by atoms with van der Waals surface area (Å²) in [6.07, 6.45) is 3.42. The Balaban J connectivity index is 2.26. The van der Waals surface area contributed by atoms with Crippen molar-refractivity contribution in [2.75, 3.05) is 0 Å². The summed E-state index contributed by atoms with van der Waals surface area (Å²) in [5.74, 6) is 1.35. The van der Waals surface area contributed by atoms with Gasteiger partial charge in [0.15, 0.2) is 5.84 Å². The van der Waals surface area contributed by atoms with Crippen molar-refractivity contribution in [1.82, 2.24) is 0 Å². The van der Waals surface area contributed by atoms with E-state index in [2.05, 4.69) is 41.9 Å². The number of hydrogen-bond donors (Lipinski definition) is 2. The molecule has 5 heteroatoms. The average Bonchev–Trinajstić information content (AvgIpc) is 2.35. The van der Waals surface area contributed by atoms with Crippen LogP contribution in [0, 0.1) is 11.3 Å². The molecule has 1 aromatic rings. The minimum atomic E-state index is 0.0561. The number of benzene rings is 1. The van der Waals surface area contributed by atoms with Gasteiger partial charge in [-0.15, -0.1) is 0 Å². The van der Waals surface area contributed by atoms with Crippen LogP contribution in [-0.4, -0.2) is 17.1 Å². The molecule has 0 aromatic heterocycles. The van der Waals surface area contributed by atoms with Crippen molar-refractivity contribution in [2.45, 2.75) is 46.1 Å². The van der Waals surface area contributed by atoms with E-state index in [9.17, 15) is 0 Å². The molecule has 0 spiro atoms. The van der Waals surface area contributed by atoms with E-state index >= 15 is 0 Å². The summed E-state index contributed by atoms with van der Waals surface area (Å²) in [5, 5.41) is 12.1. The normalized spacial score (nSPS) is 25.6. The molecule has 1 aliphatic carbocycles. The van der Waals surface area contributed by atoms with Crippen molar-refractivity contribution < 1.29 is 9.94 Å². The Labute approximate surface area is 134 Å². The minimum Gasteiger partial charge on any atom is -0.490 e. The molecule has 2 unspecified atom stereocenters. The molecule has 0 aliphatic heterocycles. The lowest BCUT2D eigenvalue weighted by atomic mass is 9.71. The molecule has 1 saturated carbocycles. The van der Waals surface area contributed by atoms with Crippen molar-refractivity contribution >= 4 is 21.8 Å². The quantitative estimate of drug-likeness (QED) is 0.371. The molecule has 116 valence electrons. The van der Waals surface area contributed by atoms with Gasteiger partial charge >= 0.3 is 0 Å². The van der Waals surface area contributed by atoms with E-state index in [4.69, 9.17) is 15.7 Å². The Bertz CT molecular complexity index is 543. The van der Waals surface area contributed by atoms with Gasteiger partial charge in [0.2, 0.25) is 0 Å². The van der Waals surface area contributed by atoms with Gasteiger partial charge in [0.05, 0.1) is 11.7 Å². The number of nitrogens with two attached hydrogens (primary N) is 1. The fourth-order valence-corrected chi connectivity index (χ4v) is 3.98. The molecule has 0 bridgehead atoms. The van der Waals surface area contributed by atoms with Gasteiger partial charge in [-0.3, -0.25) is 0 Å². The van der Waals surface area contributed by atoms with Crippen LogP contribution < -0.4 is 10.5 Å². The molecule has 1 fully saturated rings. The first-order valence-corrected chi connectivity index (χ1v) is 8.05. The van der Waals surface area contributed by atoms with Crippen LogP contribution in [0.1, 0.15) is 45.6 Å². The third-order valence-corrected chi connectivity index (χ3v) is 4.64. The summed E-state index contributed by atoms with van der Waals surface area (Å²) in [6, 6.07) is 5.61. The second-order valence-electron chi connectivity index (χ2n) is 6.75. The highest BCUT2D eigenvalue weighted by Crippen LogP contribution is 2.40. The predicted octanol–water partition coefficient (Wildman–Crippen LogP) is 4.14. The van der Waals surface area contributed by atoms with Crippen LogP contribution in [0.25, 0.3) is 0 Å². The first kappa shape index (κ1) is 16.1. The molecule has 1 aliphatic rings. The number of nitrogens with zero attached hydrogens (tertiary/aromatic N) is 1. The lowest BCUT2D eigenvalue weighted by molar-refractivity contribution is 0.0561. The van der Waals surface area contributed by atoms with Crippen molar-refractivity contribution in [3.63, 3.8) is 0 Å². The molecule has 0 radical (unpaired) electrons. The van der Waals surface area contributed by atoms with Crippen molar-refractivity contribution in [3.8, 4) is 5.75 Å². The maximum atomic E-state index is 8.95. The van der Waals surface area contributed by atoms with Crippen LogP contribution >= 0.6 is 15.9 Å². The van der Waals surface area contributed by atoms with Gasteiger partial charge in [-0.2, -0.15) is 0 Å². The standard InChI is InChI=1S/C16H23BrN2O2/c1-10-7-11(9-16(2,3)8-10)21-13-6-4-5-12(17)14(13)15(18)19-20/h4-6,10-11,20H,7-9H2,1-3H3,(H2,18,19). The monoisotopic (exact) mass is 354 g/mol. The van der Waals surface area contributed by atoms with E-state index in [1.54, 1.807) is 0 Å². The fourth-order valence-electron chi connectivity index (χ4n) is 3.43. The SMILES string of the molecule is CC1CC(Oc2cccc(Br)c2/C(N)=N/O)CC(C)(C)C1. The number of ether oxygens (including phenoxy) is 1. The van der Waals surface area contributed by atoms with Gasteiger partial charge in [0, 0.05) is 4.47 Å². The lowest BCUT2D eigenvalue weighted by Gasteiger charge is -2.39. The largest absolute Gasteiger partial charge is 0.490 e. The Kier molecular flexibility index (Phi) is 4.81. The summed E-state index contributed by atoms with van der Waals surface area (Å²) in [6.45, 7) is 6.83. The first-order chi connectivity index (χ1) is 9.82. The Morgan fingerprint density at radius 3 is 2.76 bits per heavy atom. The van der Waals surface area contributed by atoms with E-state index in [-0.39, 0.29) is 17.4 Å². The zero-order chi connectivity index (χ0) is 15.6. The first-order valence-electron chi connectivity index (χ1n) is 7.25. The molecular weight excluding hydrogens is 332 g/mol. The van der Waals surface area contributed by atoms with Crippen LogP contribution in [0.5, 0.6) is 5.75 Å². The molecule has 0 heterocycles. The maximum Gasteiger partial charge on any atom is 0.174 e. The molecule has 4 nitrogen and oxygen atoms in total. The smallest absolute Gasteiger partial charge is 0.174 e. The van der Waals surface area contributed by atoms with Crippen molar-refractivity contribution in [3.05, 3.63) is 28.2 Å². The van der Waals surface area contributed by atoms with Crippen molar-refractivity contribution in [2.24, 2.45) is 22.2 Å². The minimum absolute atomic E-state index is 0.0561. The molecule has 0 amide bonds. The van der Waals surface area contributed by atoms with Gasteiger partial charge in [0.1, 0.15) is 5.75 Å². The summed E-state index contributed by atoms with van der Waals surface area (Å²) in [5.41, 5.74) is 6.66. The van der Waals surface area contributed by atoms with E-state index in [1.165, 1.54) is 6.42 Å². The van der Waals surface area contributed by atoms with Crippen molar-refractivity contribution in [1.29, 1.82) is 0 Å². The fraction of sp³-hybridized carbons (Fsp3) is 0.562. The predicted molar refractivity (Wildman–Crippen MR) is 87.9 cm³/mol. The highest BCUT2D eigenvalue weighted by molar-refractivity contribution is 9.10. The van der Waals surface area contributed by atoms with Gasteiger partial charge < -0.3 is 15.7 Å². The molecule has 2 rings (SSSR count). The zero-order valence-electron chi connectivity index (χ0n) is 12.8. The van der Waals surface area contributed by atoms with Crippen LogP contribution in [0.4, 0.5) is 0 Å². The van der Waals surface area contributed by atoms with Crippen LogP contribution in [0.3, 0.4) is 0 Å². The number of amidine groups is 1. The summed E-state index contributed by atoms with van der Waals surface area (Å²) >= 11 is 3.44. The number of oxime groups is 1. The van der Waals surface area contributed by atoms with Crippen LogP contribution in [0.15, 0.2) is 27.8 Å². The third-order valence-electron chi connectivity index (χ3n) is 3.98. The topological polar surface area (TPSA) is 67.8 Å². The second kappa shape index (κ2) is 6.26.